The van der Waals surface area contributed by atoms with E-state index in [0.29, 0.717) is 62.6 Å². The predicted octanol–water partition coefficient (Wildman–Crippen LogP) is 2.65. The Morgan fingerprint density at radius 1 is 0.727 bits per heavy atom. The lowest BCUT2D eigenvalue weighted by Crippen LogP contribution is -2.49. The lowest BCUT2D eigenvalue weighted by Gasteiger charge is -2.35. The third-order valence-corrected chi connectivity index (χ3v) is 7.22. The summed E-state index contributed by atoms with van der Waals surface area (Å²) >= 11 is 11.0. The Bertz CT molecular complexity index is 684. The first-order valence-corrected chi connectivity index (χ1v) is 12.7. The highest BCUT2D eigenvalue weighted by Crippen LogP contribution is 2.26. The number of carbonyl (C=O) groups is 2. The van der Waals surface area contributed by atoms with E-state index in [1.165, 1.54) is 0 Å². The number of likely N-dealkylation sites (N-methyl/N-ethyl adjacent to an activating group) is 2. The maximum atomic E-state index is 12.4. The fourth-order valence-corrected chi connectivity index (χ4v) is 5.21. The van der Waals surface area contributed by atoms with Crippen LogP contribution in [0.5, 0.6) is 0 Å². The molecule has 10 heteroatoms. The van der Waals surface area contributed by atoms with E-state index >= 15 is 0 Å². The van der Waals surface area contributed by atoms with Gasteiger partial charge in [-0.25, -0.2) is 0 Å². The van der Waals surface area contributed by atoms with Gasteiger partial charge in [0.05, 0.1) is 13.1 Å². The van der Waals surface area contributed by atoms with E-state index in [1.807, 2.05) is 51.3 Å². The molecule has 2 aliphatic heterocycles. The fourth-order valence-electron chi connectivity index (χ4n) is 4.12. The molecule has 8 nitrogen and oxygen atoms in total. The van der Waals surface area contributed by atoms with Crippen LogP contribution in [-0.2, 0) is 19.1 Å². The van der Waals surface area contributed by atoms with Crippen LogP contribution in [0, 0.1) is 0 Å². The van der Waals surface area contributed by atoms with E-state index < -0.39 is 0 Å². The van der Waals surface area contributed by atoms with Crippen LogP contribution < -0.4 is 0 Å². The van der Waals surface area contributed by atoms with Crippen LogP contribution in [0.4, 0.5) is 0 Å². The zero-order valence-corrected chi connectivity index (χ0v) is 22.6. The van der Waals surface area contributed by atoms with E-state index in [9.17, 15) is 9.59 Å². The van der Waals surface area contributed by atoms with Crippen LogP contribution in [0.25, 0.3) is 0 Å². The molecular formula is C23H40N4O4S2. The number of rotatable bonds is 14. The smallest absolute Gasteiger partial charge is 0.248 e. The van der Waals surface area contributed by atoms with E-state index in [0.717, 1.165) is 19.5 Å². The van der Waals surface area contributed by atoms with Crippen LogP contribution in [0.2, 0.25) is 0 Å². The van der Waals surface area contributed by atoms with Gasteiger partial charge in [-0.05, 0) is 85.2 Å². The maximum absolute atomic E-state index is 12.4. The van der Waals surface area contributed by atoms with Crippen LogP contribution in [-0.4, -0.2) is 105 Å². The second-order valence-electron chi connectivity index (χ2n) is 9.75. The zero-order chi connectivity index (χ0) is 24.8. The predicted molar refractivity (Wildman–Crippen MR) is 137 cm³/mol. The van der Waals surface area contributed by atoms with Crippen molar-refractivity contribution in [3.8, 4) is 0 Å². The van der Waals surface area contributed by atoms with Crippen molar-refractivity contribution in [2.45, 2.75) is 71.9 Å². The molecule has 0 aromatic heterocycles. The summed E-state index contributed by atoms with van der Waals surface area (Å²) in [6, 6.07) is 0. The van der Waals surface area contributed by atoms with Crippen molar-refractivity contribution in [1.82, 2.24) is 19.6 Å². The van der Waals surface area contributed by atoms with Gasteiger partial charge in [-0.15, -0.1) is 0 Å². The van der Waals surface area contributed by atoms with Crippen molar-refractivity contribution in [2.75, 3.05) is 52.6 Å². The number of hydrogen-bond acceptors (Lipinski definition) is 6. The summed E-state index contributed by atoms with van der Waals surface area (Å²) in [5, 5.41) is 1.23. The molecule has 0 bridgehead atoms. The normalized spacial score (nSPS) is 17.9. The molecule has 2 heterocycles. The summed E-state index contributed by atoms with van der Waals surface area (Å²) in [4.78, 5) is 32.0. The van der Waals surface area contributed by atoms with Crippen molar-refractivity contribution < 1.29 is 19.1 Å². The number of nitrogens with zero attached hydrogens (tertiary/aromatic N) is 4. The Hall–Kier alpha value is -1.36. The van der Waals surface area contributed by atoms with Gasteiger partial charge in [-0.3, -0.25) is 19.4 Å². The fraction of sp³-hybridized carbons (Fsp3) is 0.826. The van der Waals surface area contributed by atoms with Gasteiger partial charge < -0.3 is 19.3 Å². The summed E-state index contributed by atoms with van der Waals surface area (Å²) < 4.78 is 11.6. The van der Waals surface area contributed by atoms with Crippen LogP contribution in [0.1, 0.15) is 60.8 Å². The van der Waals surface area contributed by atoms with E-state index in [2.05, 4.69) is 0 Å². The van der Waals surface area contributed by atoms with Gasteiger partial charge in [0, 0.05) is 50.6 Å². The number of amides is 2. The Morgan fingerprint density at radius 3 is 1.39 bits per heavy atom. The number of carbonyl (C=O) groups excluding carboxylic acids is 2. The molecule has 33 heavy (non-hydrogen) atoms. The number of ether oxygens (including phenoxy) is 2. The molecule has 0 aromatic rings. The molecule has 0 radical (unpaired) electrons. The van der Waals surface area contributed by atoms with Crippen LogP contribution in [0.15, 0.2) is 0 Å². The van der Waals surface area contributed by atoms with Crippen LogP contribution in [0.3, 0.4) is 0 Å². The molecule has 2 aliphatic rings. The molecule has 2 fully saturated rings. The molecule has 0 aromatic carbocycles. The molecule has 0 aliphatic carbocycles. The van der Waals surface area contributed by atoms with E-state index in [-0.39, 0.29) is 22.9 Å². The monoisotopic (exact) mass is 500 g/mol. The first-order valence-electron chi connectivity index (χ1n) is 11.9. The minimum absolute atomic E-state index is 0.0574. The highest BCUT2D eigenvalue weighted by molar-refractivity contribution is 7.80. The SMILES string of the molecule is CCN1CC(=O)N(C(C)(C)CCOCCCOCCC(C)(C)N2C(=O)CN(CC)C2=S)C1=S. The van der Waals surface area contributed by atoms with Gasteiger partial charge in [-0.2, -0.15) is 0 Å². The molecule has 0 atom stereocenters. The van der Waals surface area contributed by atoms with Gasteiger partial charge in [-0.1, -0.05) is 0 Å². The molecule has 2 saturated heterocycles. The summed E-state index contributed by atoms with van der Waals surface area (Å²) in [5.41, 5.74) is -0.748. The van der Waals surface area contributed by atoms with E-state index in [1.54, 1.807) is 9.80 Å². The lowest BCUT2D eigenvalue weighted by molar-refractivity contribution is -0.129. The topological polar surface area (TPSA) is 65.6 Å². The zero-order valence-electron chi connectivity index (χ0n) is 21.0. The molecule has 2 rings (SSSR count). The van der Waals surface area contributed by atoms with Crippen molar-refractivity contribution in [3.05, 3.63) is 0 Å². The number of hydrogen-bond donors (Lipinski definition) is 0. The Kier molecular flexibility index (Phi) is 10.0. The lowest BCUT2D eigenvalue weighted by atomic mass is 9.99. The maximum Gasteiger partial charge on any atom is 0.248 e. The standard InChI is InChI=1S/C23H40N4O4S2/c1-7-24-16-18(28)26(20(24)32)22(3,4)10-14-30-12-9-13-31-15-11-23(5,6)27-19(29)17-25(8-2)21(27)33/h7-17H2,1-6H3. The van der Waals surface area contributed by atoms with Crippen molar-refractivity contribution >= 4 is 46.5 Å². The molecule has 0 saturated carbocycles. The molecule has 0 N–H and O–H groups in total. The molecular weight excluding hydrogens is 460 g/mol. The van der Waals surface area contributed by atoms with Gasteiger partial charge in [0.1, 0.15) is 0 Å². The highest BCUT2D eigenvalue weighted by atomic mass is 32.1. The van der Waals surface area contributed by atoms with Gasteiger partial charge in [0.2, 0.25) is 11.8 Å². The van der Waals surface area contributed by atoms with Gasteiger partial charge >= 0.3 is 0 Å². The quantitative estimate of drug-likeness (QED) is 0.266. The van der Waals surface area contributed by atoms with Gasteiger partial charge in [0.15, 0.2) is 10.2 Å². The summed E-state index contributed by atoms with van der Waals surface area (Å²) in [5.74, 6) is 0.115. The molecule has 188 valence electrons. The summed E-state index contributed by atoms with van der Waals surface area (Å²) in [7, 11) is 0. The van der Waals surface area contributed by atoms with Crippen molar-refractivity contribution in [1.29, 1.82) is 0 Å². The minimum atomic E-state index is -0.374. The van der Waals surface area contributed by atoms with Gasteiger partial charge in [0.25, 0.3) is 0 Å². The minimum Gasteiger partial charge on any atom is -0.381 e. The average Bonchev–Trinajstić information content (AvgIpc) is 3.20. The highest BCUT2D eigenvalue weighted by Gasteiger charge is 2.42. The Labute approximate surface area is 209 Å². The average molecular weight is 501 g/mol. The van der Waals surface area contributed by atoms with Crippen molar-refractivity contribution in [2.24, 2.45) is 0 Å². The Balaban J connectivity index is 1.61. The Morgan fingerprint density at radius 2 is 1.09 bits per heavy atom. The second kappa shape index (κ2) is 11.9. The number of thiocarbonyl (C=S) groups is 2. The van der Waals surface area contributed by atoms with E-state index in [4.69, 9.17) is 33.9 Å². The third-order valence-electron chi connectivity index (χ3n) is 6.34. The third kappa shape index (κ3) is 6.83. The molecule has 0 spiro atoms. The molecule has 2 amide bonds. The first kappa shape index (κ1) is 27.9. The van der Waals surface area contributed by atoms with Crippen LogP contribution >= 0.6 is 24.4 Å². The second-order valence-corrected chi connectivity index (χ2v) is 10.5. The first-order chi connectivity index (χ1) is 15.5. The summed E-state index contributed by atoms with van der Waals surface area (Å²) in [6.45, 7) is 16.6. The summed E-state index contributed by atoms with van der Waals surface area (Å²) in [6.07, 6.45) is 2.21. The van der Waals surface area contributed by atoms with Crippen molar-refractivity contribution in [3.63, 3.8) is 0 Å². The molecule has 0 unspecified atom stereocenters. The largest absolute Gasteiger partial charge is 0.381 e.